The van der Waals surface area contributed by atoms with E-state index in [2.05, 4.69) is 0 Å². The Hall–Kier alpha value is -1.49. The second-order valence-corrected chi connectivity index (χ2v) is 2.83. The average molecular weight is 183 g/mol. The number of rotatable bonds is 3. The summed E-state index contributed by atoms with van der Waals surface area (Å²) in [4.78, 5) is 20.4. The summed E-state index contributed by atoms with van der Waals surface area (Å²) in [6.45, 7) is -0.839. The van der Waals surface area contributed by atoms with E-state index in [1.54, 1.807) is 12.2 Å². The van der Waals surface area contributed by atoms with Gasteiger partial charge in [-0.3, -0.25) is 14.9 Å². The van der Waals surface area contributed by atoms with Crippen molar-refractivity contribution in [2.24, 2.45) is 0 Å². The zero-order valence-electron chi connectivity index (χ0n) is 6.84. The van der Waals surface area contributed by atoms with Crippen molar-refractivity contribution in [2.75, 3.05) is 6.54 Å². The average Bonchev–Trinajstić information content (AvgIpc) is 2.04. The van der Waals surface area contributed by atoms with Crippen molar-refractivity contribution in [1.29, 1.82) is 0 Å². The Balaban J connectivity index is 2.70. The summed E-state index contributed by atoms with van der Waals surface area (Å²) in [5, 5.41) is 19.6. The van der Waals surface area contributed by atoms with Gasteiger partial charge in [-0.05, 0) is 6.08 Å². The quantitative estimate of drug-likeness (QED) is 0.496. The van der Waals surface area contributed by atoms with Crippen LogP contribution in [0.2, 0.25) is 0 Å². The molecule has 0 spiro atoms. The Morgan fingerprint density at radius 2 is 2.31 bits per heavy atom. The number of ketones is 1. The highest BCUT2D eigenvalue weighted by molar-refractivity contribution is 5.90. The van der Waals surface area contributed by atoms with Crippen molar-refractivity contribution in [1.82, 2.24) is 0 Å². The van der Waals surface area contributed by atoms with Crippen LogP contribution in [0.4, 0.5) is 0 Å². The largest absolute Gasteiger partial charge is 0.377 e. The van der Waals surface area contributed by atoms with E-state index in [1.165, 1.54) is 12.2 Å². The summed E-state index contributed by atoms with van der Waals surface area (Å²) >= 11 is 0. The van der Waals surface area contributed by atoms with Gasteiger partial charge in [-0.2, -0.15) is 0 Å². The molecule has 0 aromatic heterocycles. The lowest BCUT2D eigenvalue weighted by atomic mass is 9.91. The Kier molecular flexibility index (Phi) is 2.57. The van der Waals surface area contributed by atoms with Crippen LogP contribution in [0.1, 0.15) is 6.42 Å². The van der Waals surface area contributed by atoms with Crippen LogP contribution in [-0.4, -0.2) is 28.0 Å². The molecule has 1 aliphatic rings. The minimum absolute atomic E-state index is 0.107. The SMILES string of the molecule is O=C(C[N+](=O)[O-])[C@@]1(O)C=CC=CC1. The van der Waals surface area contributed by atoms with Crippen molar-refractivity contribution < 1.29 is 14.8 Å². The fourth-order valence-corrected chi connectivity index (χ4v) is 1.07. The topological polar surface area (TPSA) is 80.4 Å². The van der Waals surface area contributed by atoms with Gasteiger partial charge in [0.1, 0.15) is 0 Å². The highest BCUT2D eigenvalue weighted by Gasteiger charge is 2.35. The summed E-state index contributed by atoms with van der Waals surface area (Å²) in [6, 6.07) is 0. The van der Waals surface area contributed by atoms with E-state index in [4.69, 9.17) is 0 Å². The van der Waals surface area contributed by atoms with Crippen LogP contribution in [-0.2, 0) is 4.79 Å². The third-order valence-corrected chi connectivity index (χ3v) is 1.80. The molecule has 0 radical (unpaired) electrons. The number of Topliss-reactive ketones (excluding diaryl/α,β-unsaturated/α-hetero) is 1. The predicted molar refractivity (Wildman–Crippen MR) is 44.7 cm³/mol. The fraction of sp³-hybridized carbons (Fsp3) is 0.375. The first-order valence-corrected chi connectivity index (χ1v) is 3.76. The zero-order valence-corrected chi connectivity index (χ0v) is 6.84. The van der Waals surface area contributed by atoms with E-state index < -0.39 is 22.9 Å². The number of hydrogen-bond donors (Lipinski definition) is 1. The van der Waals surface area contributed by atoms with Crippen LogP contribution >= 0.6 is 0 Å². The summed E-state index contributed by atoms with van der Waals surface area (Å²) < 4.78 is 0. The van der Waals surface area contributed by atoms with Gasteiger partial charge in [0.15, 0.2) is 5.60 Å². The van der Waals surface area contributed by atoms with Crippen LogP contribution in [0.3, 0.4) is 0 Å². The van der Waals surface area contributed by atoms with Gasteiger partial charge in [0.25, 0.3) is 6.54 Å². The molecular formula is C8H9NO4. The molecule has 1 N–H and O–H groups in total. The molecule has 5 nitrogen and oxygen atoms in total. The van der Waals surface area contributed by atoms with Crippen molar-refractivity contribution in [3.63, 3.8) is 0 Å². The van der Waals surface area contributed by atoms with Gasteiger partial charge in [0.05, 0.1) is 0 Å². The van der Waals surface area contributed by atoms with E-state index in [9.17, 15) is 20.0 Å². The lowest BCUT2D eigenvalue weighted by molar-refractivity contribution is -0.468. The normalized spacial score (nSPS) is 25.9. The first kappa shape index (κ1) is 9.60. The van der Waals surface area contributed by atoms with Crippen LogP contribution < -0.4 is 0 Å². The standard InChI is InChI=1S/C8H9NO4/c10-7(6-9(12)13)8(11)4-2-1-3-5-8/h1-4,11H,5-6H2/t8-/m1/s1. The molecule has 0 saturated heterocycles. The molecule has 70 valence electrons. The molecule has 5 heteroatoms. The smallest absolute Gasteiger partial charge is 0.264 e. The molecule has 1 aliphatic carbocycles. The van der Waals surface area contributed by atoms with Gasteiger partial charge in [0.2, 0.25) is 5.78 Å². The van der Waals surface area contributed by atoms with Gasteiger partial charge in [-0.1, -0.05) is 18.2 Å². The van der Waals surface area contributed by atoms with Gasteiger partial charge >= 0.3 is 0 Å². The summed E-state index contributed by atoms with van der Waals surface area (Å²) in [5.41, 5.74) is -1.68. The molecule has 1 rings (SSSR count). The maximum atomic E-state index is 11.2. The maximum absolute atomic E-state index is 11.2. The lowest BCUT2D eigenvalue weighted by Crippen LogP contribution is -2.40. The molecule has 0 amide bonds. The molecule has 0 bridgehead atoms. The monoisotopic (exact) mass is 183 g/mol. The molecule has 0 saturated carbocycles. The summed E-state index contributed by atoms with van der Waals surface area (Å²) in [7, 11) is 0. The van der Waals surface area contributed by atoms with E-state index in [0.29, 0.717) is 0 Å². The van der Waals surface area contributed by atoms with Crippen LogP contribution in [0.15, 0.2) is 24.3 Å². The summed E-state index contributed by atoms with van der Waals surface area (Å²) in [6.07, 6.45) is 6.15. The van der Waals surface area contributed by atoms with E-state index in [1.807, 2.05) is 0 Å². The zero-order chi connectivity index (χ0) is 9.90. The molecule has 0 aromatic rings. The number of nitro groups is 1. The Labute approximate surface area is 74.5 Å². The second kappa shape index (κ2) is 3.49. The lowest BCUT2D eigenvalue weighted by Gasteiger charge is -2.20. The third kappa shape index (κ3) is 2.22. The Morgan fingerprint density at radius 1 is 1.62 bits per heavy atom. The van der Waals surface area contributed by atoms with Gasteiger partial charge < -0.3 is 5.11 Å². The molecule has 0 heterocycles. The minimum atomic E-state index is -1.68. The molecule has 0 unspecified atom stereocenters. The van der Waals surface area contributed by atoms with Crippen molar-refractivity contribution in [2.45, 2.75) is 12.0 Å². The molecule has 0 aliphatic heterocycles. The van der Waals surface area contributed by atoms with Gasteiger partial charge in [-0.15, -0.1) is 0 Å². The third-order valence-electron chi connectivity index (χ3n) is 1.80. The highest BCUT2D eigenvalue weighted by atomic mass is 16.6. The first-order chi connectivity index (χ1) is 6.04. The maximum Gasteiger partial charge on any atom is 0.264 e. The second-order valence-electron chi connectivity index (χ2n) is 2.83. The van der Waals surface area contributed by atoms with E-state index in [-0.39, 0.29) is 6.42 Å². The van der Waals surface area contributed by atoms with Crippen LogP contribution in [0.5, 0.6) is 0 Å². The molecular weight excluding hydrogens is 174 g/mol. The van der Waals surface area contributed by atoms with Crippen LogP contribution in [0.25, 0.3) is 0 Å². The van der Waals surface area contributed by atoms with Gasteiger partial charge in [-0.25, -0.2) is 0 Å². The van der Waals surface area contributed by atoms with Crippen LogP contribution in [0, 0.1) is 10.1 Å². The molecule has 13 heavy (non-hydrogen) atoms. The molecule has 0 aromatic carbocycles. The van der Waals surface area contributed by atoms with Crippen molar-refractivity contribution >= 4 is 5.78 Å². The molecule has 0 fully saturated rings. The van der Waals surface area contributed by atoms with Gasteiger partial charge in [0, 0.05) is 11.3 Å². The highest BCUT2D eigenvalue weighted by Crippen LogP contribution is 2.18. The number of nitrogens with zero attached hydrogens (tertiary/aromatic N) is 1. The Morgan fingerprint density at radius 3 is 2.77 bits per heavy atom. The number of carbonyl (C=O) groups is 1. The Bertz CT molecular complexity index is 295. The summed E-state index contributed by atoms with van der Waals surface area (Å²) in [5.74, 6) is -0.780. The minimum Gasteiger partial charge on any atom is -0.377 e. The van der Waals surface area contributed by atoms with Crippen molar-refractivity contribution in [3.05, 3.63) is 34.4 Å². The number of hydrogen-bond acceptors (Lipinski definition) is 4. The van der Waals surface area contributed by atoms with E-state index >= 15 is 0 Å². The number of aliphatic hydroxyl groups is 1. The number of carbonyl (C=O) groups excluding carboxylic acids is 1. The number of allylic oxidation sites excluding steroid dienone is 2. The van der Waals surface area contributed by atoms with Crippen molar-refractivity contribution in [3.8, 4) is 0 Å². The predicted octanol–water partition coefficient (Wildman–Crippen LogP) is 0.0794. The molecule has 1 atom stereocenters. The fourth-order valence-electron chi connectivity index (χ4n) is 1.07. The van der Waals surface area contributed by atoms with E-state index in [0.717, 1.165) is 0 Å². The first-order valence-electron chi connectivity index (χ1n) is 3.76.